The van der Waals surface area contributed by atoms with E-state index in [-0.39, 0.29) is 0 Å². The minimum Gasteiger partial charge on any atom is -0.341 e. The highest BCUT2D eigenvalue weighted by Gasteiger charge is 2.26. The minimum absolute atomic E-state index is 0.425. The van der Waals surface area contributed by atoms with Crippen molar-refractivity contribution < 1.29 is 9.59 Å². The molecule has 27 heavy (non-hydrogen) atoms. The Morgan fingerprint density at radius 1 is 1.00 bits per heavy atom. The van der Waals surface area contributed by atoms with Crippen molar-refractivity contribution in [3.63, 3.8) is 0 Å². The van der Waals surface area contributed by atoms with E-state index in [1.165, 1.54) is 18.8 Å². The van der Waals surface area contributed by atoms with Crippen molar-refractivity contribution in [3.05, 3.63) is 72.1 Å². The highest BCUT2D eigenvalue weighted by Crippen LogP contribution is 2.35. The molecule has 1 heterocycles. The number of benzene rings is 2. The maximum atomic E-state index is 12.7. The topological polar surface area (TPSA) is 88.9 Å². The molecule has 0 spiro atoms. The number of carbonyl (C=O) groups is 2. The second-order valence-corrected chi connectivity index (χ2v) is 6.75. The molecule has 0 fully saturated rings. The molecule has 3 amide bonds. The van der Waals surface area contributed by atoms with Crippen LogP contribution in [0.2, 0.25) is 0 Å². The molecule has 0 aliphatic rings. The fourth-order valence-corrected chi connectivity index (χ4v) is 3.64. The second kappa shape index (κ2) is 8.50. The molecule has 0 aliphatic carbocycles. The first-order chi connectivity index (χ1) is 13.1. The van der Waals surface area contributed by atoms with Crippen molar-refractivity contribution in [1.29, 1.82) is 0 Å². The van der Waals surface area contributed by atoms with E-state index in [1.54, 1.807) is 0 Å². The van der Waals surface area contributed by atoms with E-state index < -0.39 is 17.2 Å². The third kappa shape index (κ3) is 4.35. The normalized spacial score (nSPS) is 11.6. The number of aromatic nitrogens is 3. The van der Waals surface area contributed by atoms with Gasteiger partial charge in [-0.25, -0.2) is 4.79 Å². The Labute approximate surface area is 161 Å². The summed E-state index contributed by atoms with van der Waals surface area (Å²) in [5.74, 6) is 0.285. The molecule has 0 saturated heterocycles. The summed E-state index contributed by atoms with van der Waals surface area (Å²) < 4.78 is 1.88. The molecule has 0 saturated carbocycles. The number of amides is 3. The molecule has 1 aromatic heterocycles. The zero-order valence-corrected chi connectivity index (χ0v) is 15.7. The first-order valence-corrected chi connectivity index (χ1v) is 9.19. The number of nitrogens with one attached hydrogen (secondary N) is 2. The Morgan fingerprint density at radius 2 is 1.63 bits per heavy atom. The van der Waals surface area contributed by atoms with Crippen LogP contribution in [0.4, 0.5) is 4.79 Å². The van der Waals surface area contributed by atoms with Gasteiger partial charge >= 0.3 is 6.03 Å². The minimum atomic E-state index is -0.658. The lowest BCUT2D eigenvalue weighted by Gasteiger charge is -2.16. The monoisotopic (exact) mass is 381 g/mol. The molecule has 2 N–H and O–H groups in total. The number of imide groups is 1. The molecule has 8 heteroatoms. The summed E-state index contributed by atoms with van der Waals surface area (Å²) >= 11 is 1.24. The van der Waals surface area contributed by atoms with Crippen LogP contribution in [-0.2, 0) is 4.79 Å². The molecule has 1 unspecified atom stereocenters. The van der Waals surface area contributed by atoms with Gasteiger partial charge in [-0.15, -0.1) is 10.2 Å². The lowest BCUT2D eigenvalue weighted by molar-refractivity contribution is -0.119. The Hall–Kier alpha value is -3.13. The van der Waals surface area contributed by atoms with Crippen LogP contribution in [0.3, 0.4) is 0 Å². The van der Waals surface area contributed by atoms with Crippen LogP contribution in [-0.4, -0.2) is 33.8 Å². The molecule has 0 bridgehead atoms. The van der Waals surface area contributed by atoms with Crippen LogP contribution in [0.15, 0.2) is 65.8 Å². The Morgan fingerprint density at radius 3 is 2.26 bits per heavy atom. The second-order valence-electron chi connectivity index (χ2n) is 5.68. The van der Waals surface area contributed by atoms with Gasteiger partial charge in [0.05, 0.1) is 0 Å². The van der Waals surface area contributed by atoms with E-state index in [1.807, 2.05) is 72.2 Å². The number of carbonyl (C=O) groups excluding carboxylic acids is 2. The number of rotatable bonds is 5. The average molecular weight is 381 g/mol. The number of nitrogens with zero attached hydrogens (tertiary/aromatic N) is 3. The van der Waals surface area contributed by atoms with Crippen molar-refractivity contribution in [1.82, 2.24) is 25.4 Å². The van der Waals surface area contributed by atoms with Gasteiger partial charge in [0.25, 0.3) is 0 Å². The van der Waals surface area contributed by atoms with Gasteiger partial charge in [-0.05, 0) is 24.6 Å². The zero-order valence-electron chi connectivity index (χ0n) is 14.9. The summed E-state index contributed by atoms with van der Waals surface area (Å²) in [6, 6.07) is 18.4. The summed E-state index contributed by atoms with van der Waals surface area (Å²) in [7, 11) is 1.46. The molecule has 3 rings (SSSR count). The number of hydrogen-bond acceptors (Lipinski definition) is 5. The van der Waals surface area contributed by atoms with E-state index >= 15 is 0 Å². The van der Waals surface area contributed by atoms with Gasteiger partial charge in [-0.1, -0.05) is 60.3 Å². The van der Waals surface area contributed by atoms with E-state index in [4.69, 9.17) is 0 Å². The molecule has 138 valence electrons. The molecule has 1 atom stereocenters. The van der Waals surface area contributed by atoms with Crippen LogP contribution < -0.4 is 10.6 Å². The van der Waals surface area contributed by atoms with Gasteiger partial charge in [0, 0.05) is 12.7 Å². The molecular formula is C19H19N5O2S. The number of hydrogen-bond donors (Lipinski definition) is 2. The molecule has 0 aliphatic heterocycles. The van der Waals surface area contributed by atoms with Crippen LogP contribution in [0.1, 0.15) is 16.6 Å². The van der Waals surface area contributed by atoms with Crippen LogP contribution in [0.5, 0.6) is 0 Å². The van der Waals surface area contributed by atoms with Crippen LogP contribution in [0.25, 0.3) is 5.69 Å². The lowest BCUT2D eigenvalue weighted by Crippen LogP contribution is -2.39. The van der Waals surface area contributed by atoms with Crippen LogP contribution >= 0.6 is 11.8 Å². The predicted octanol–water partition coefficient (Wildman–Crippen LogP) is 2.86. The third-order valence-electron chi connectivity index (χ3n) is 3.84. The summed E-state index contributed by atoms with van der Waals surface area (Å²) in [6.07, 6.45) is 0. The largest absolute Gasteiger partial charge is 0.341 e. The number of para-hydroxylation sites is 1. The van der Waals surface area contributed by atoms with Crippen molar-refractivity contribution in [2.24, 2.45) is 0 Å². The standard InChI is InChI=1S/C19H19N5O2S/c1-13-22-23-19(24(13)15-11-7-4-8-12-15)27-16(14-9-5-3-6-10-14)17(25)21-18(26)20-2/h3-12,16H,1-2H3,(H2,20,21,25,26). The average Bonchev–Trinajstić information content (AvgIpc) is 3.07. The number of thioether (sulfide) groups is 1. The Balaban J connectivity index is 1.96. The molecule has 3 aromatic rings. The van der Waals surface area contributed by atoms with Gasteiger partial charge in [-0.3, -0.25) is 14.7 Å². The highest BCUT2D eigenvalue weighted by molar-refractivity contribution is 8.00. The van der Waals surface area contributed by atoms with Gasteiger partial charge in [0.2, 0.25) is 5.91 Å². The van der Waals surface area contributed by atoms with Gasteiger partial charge in [0.1, 0.15) is 11.1 Å². The third-order valence-corrected chi connectivity index (χ3v) is 5.03. The van der Waals surface area contributed by atoms with E-state index in [2.05, 4.69) is 20.8 Å². The summed E-state index contributed by atoms with van der Waals surface area (Å²) in [5.41, 5.74) is 1.67. The van der Waals surface area contributed by atoms with Gasteiger partial charge in [-0.2, -0.15) is 0 Å². The quantitative estimate of drug-likeness (QED) is 0.664. The SMILES string of the molecule is CNC(=O)NC(=O)C(Sc1nnc(C)n1-c1ccccc1)c1ccccc1. The summed E-state index contributed by atoms with van der Waals surface area (Å²) in [4.78, 5) is 24.3. The zero-order chi connectivity index (χ0) is 19.2. The van der Waals surface area contributed by atoms with Crippen molar-refractivity contribution in [3.8, 4) is 5.69 Å². The van der Waals surface area contributed by atoms with E-state index in [0.29, 0.717) is 11.0 Å². The first-order valence-electron chi connectivity index (χ1n) is 8.31. The van der Waals surface area contributed by atoms with Crippen molar-refractivity contribution in [2.75, 3.05) is 7.05 Å². The van der Waals surface area contributed by atoms with E-state index in [9.17, 15) is 9.59 Å². The number of urea groups is 1. The highest BCUT2D eigenvalue weighted by atomic mass is 32.2. The molecule has 2 aromatic carbocycles. The number of aryl methyl sites for hydroxylation is 1. The fraction of sp³-hybridized carbons (Fsp3) is 0.158. The molecule has 0 radical (unpaired) electrons. The Bertz CT molecular complexity index is 928. The van der Waals surface area contributed by atoms with Gasteiger partial charge in [0.15, 0.2) is 5.16 Å². The summed E-state index contributed by atoms with van der Waals surface area (Å²) in [6.45, 7) is 1.85. The summed E-state index contributed by atoms with van der Waals surface area (Å²) in [5, 5.41) is 13.0. The van der Waals surface area contributed by atoms with Crippen molar-refractivity contribution in [2.45, 2.75) is 17.3 Å². The molecule has 7 nitrogen and oxygen atoms in total. The Kier molecular flexibility index (Phi) is 5.87. The van der Waals surface area contributed by atoms with Crippen LogP contribution in [0, 0.1) is 6.92 Å². The van der Waals surface area contributed by atoms with Gasteiger partial charge < -0.3 is 5.32 Å². The maximum absolute atomic E-state index is 12.7. The maximum Gasteiger partial charge on any atom is 0.321 e. The van der Waals surface area contributed by atoms with E-state index in [0.717, 1.165) is 11.3 Å². The van der Waals surface area contributed by atoms with Crippen molar-refractivity contribution >= 4 is 23.7 Å². The smallest absolute Gasteiger partial charge is 0.321 e. The first kappa shape index (κ1) is 18.7. The lowest BCUT2D eigenvalue weighted by atomic mass is 10.1. The fourth-order valence-electron chi connectivity index (χ4n) is 2.54. The molecular weight excluding hydrogens is 362 g/mol. The predicted molar refractivity (Wildman–Crippen MR) is 104 cm³/mol.